The molecule has 0 saturated carbocycles. The summed E-state index contributed by atoms with van der Waals surface area (Å²) in [5, 5.41) is 1.15. The number of aryl methyl sites for hydroxylation is 1. The largest absolute Gasteiger partial charge is 0.493 e. The molecular formula is C13H12Cl2N2O. The standard InChI is InChI=1S/C13H12Cl2N2O/c1-9-8-12(15)17-13(16-9)6-7-18-11-4-2-10(14)3-5-11/h2-5,8H,6-7H2,1H3. The number of nitrogens with zero attached hydrogens (tertiary/aromatic N) is 2. The lowest BCUT2D eigenvalue weighted by molar-refractivity contribution is 0.319. The van der Waals surface area contributed by atoms with Crippen LogP contribution in [-0.2, 0) is 6.42 Å². The average Bonchev–Trinajstić information content (AvgIpc) is 2.30. The molecule has 0 radical (unpaired) electrons. The Bertz CT molecular complexity index is 509. The summed E-state index contributed by atoms with van der Waals surface area (Å²) < 4.78 is 5.56. The topological polar surface area (TPSA) is 35.0 Å². The van der Waals surface area contributed by atoms with E-state index in [0.29, 0.717) is 29.0 Å². The molecule has 0 aliphatic rings. The number of hydrogen-bond acceptors (Lipinski definition) is 3. The van der Waals surface area contributed by atoms with Gasteiger partial charge in [-0.15, -0.1) is 0 Å². The maximum absolute atomic E-state index is 5.86. The lowest BCUT2D eigenvalue weighted by Gasteiger charge is -2.06. The summed E-state index contributed by atoms with van der Waals surface area (Å²) >= 11 is 11.6. The summed E-state index contributed by atoms with van der Waals surface area (Å²) in [6.45, 7) is 2.39. The smallest absolute Gasteiger partial charge is 0.133 e. The second-order valence-electron chi connectivity index (χ2n) is 3.80. The highest BCUT2D eigenvalue weighted by Gasteiger charge is 2.01. The molecule has 3 nitrogen and oxygen atoms in total. The van der Waals surface area contributed by atoms with E-state index in [1.165, 1.54) is 0 Å². The summed E-state index contributed by atoms with van der Waals surface area (Å²) in [6, 6.07) is 8.96. The van der Waals surface area contributed by atoms with Crippen molar-refractivity contribution < 1.29 is 4.74 Å². The van der Waals surface area contributed by atoms with Crippen molar-refractivity contribution >= 4 is 23.2 Å². The van der Waals surface area contributed by atoms with Gasteiger partial charge < -0.3 is 4.74 Å². The second-order valence-corrected chi connectivity index (χ2v) is 4.62. The molecule has 1 aromatic heterocycles. The van der Waals surface area contributed by atoms with Gasteiger partial charge in [-0.25, -0.2) is 9.97 Å². The number of hydrogen-bond donors (Lipinski definition) is 0. The fraction of sp³-hybridized carbons (Fsp3) is 0.231. The Morgan fingerprint density at radius 2 is 1.83 bits per heavy atom. The Labute approximate surface area is 116 Å². The number of rotatable bonds is 4. The van der Waals surface area contributed by atoms with Gasteiger partial charge in [-0.3, -0.25) is 0 Å². The zero-order chi connectivity index (χ0) is 13.0. The van der Waals surface area contributed by atoms with Gasteiger partial charge in [0.1, 0.15) is 16.7 Å². The molecule has 0 spiro atoms. The first-order valence-electron chi connectivity index (χ1n) is 5.52. The van der Waals surface area contributed by atoms with Crippen molar-refractivity contribution in [3.05, 3.63) is 52.0 Å². The normalized spacial score (nSPS) is 10.4. The average molecular weight is 283 g/mol. The van der Waals surface area contributed by atoms with Crippen molar-refractivity contribution in [2.75, 3.05) is 6.61 Å². The van der Waals surface area contributed by atoms with Crippen LogP contribution in [0.15, 0.2) is 30.3 Å². The van der Waals surface area contributed by atoms with Gasteiger partial charge >= 0.3 is 0 Å². The second kappa shape index (κ2) is 6.03. The van der Waals surface area contributed by atoms with Crippen LogP contribution in [0.5, 0.6) is 5.75 Å². The highest BCUT2D eigenvalue weighted by Crippen LogP contribution is 2.15. The molecule has 0 aliphatic carbocycles. The van der Waals surface area contributed by atoms with Crippen LogP contribution in [0.25, 0.3) is 0 Å². The first-order chi connectivity index (χ1) is 8.63. The third-order valence-corrected chi connectivity index (χ3v) is 2.72. The molecule has 1 aromatic carbocycles. The molecule has 0 bridgehead atoms. The lowest BCUT2D eigenvalue weighted by Crippen LogP contribution is -2.05. The highest BCUT2D eigenvalue weighted by molar-refractivity contribution is 6.30. The van der Waals surface area contributed by atoms with Crippen molar-refractivity contribution in [1.82, 2.24) is 9.97 Å². The van der Waals surface area contributed by atoms with E-state index in [9.17, 15) is 0 Å². The Hall–Kier alpha value is -1.32. The summed E-state index contributed by atoms with van der Waals surface area (Å²) in [6.07, 6.45) is 0.615. The van der Waals surface area contributed by atoms with Crippen LogP contribution in [0.2, 0.25) is 10.2 Å². The molecule has 0 N–H and O–H groups in total. The van der Waals surface area contributed by atoms with Gasteiger partial charge in [0.15, 0.2) is 0 Å². The zero-order valence-electron chi connectivity index (χ0n) is 9.86. The van der Waals surface area contributed by atoms with Gasteiger partial charge in [-0.2, -0.15) is 0 Å². The van der Waals surface area contributed by atoms with E-state index in [1.54, 1.807) is 18.2 Å². The molecule has 1 heterocycles. The summed E-state index contributed by atoms with van der Waals surface area (Å²) in [5.41, 5.74) is 0.858. The number of aromatic nitrogens is 2. The van der Waals surface area contributed by atoms with E-state index in [1.807, 2.05) is 19.1 Å². The predicted octanol–water partition coefficient (Wildman–Crippen LogP) is 3.71. The molecule has 2 aromatic rings. The van der Waals surface area contributed by atoms with Gasteiger partial charge in [-0.1, -0.05) is 23.2 Å². The van der Waals surface area contributed by atoms with Crippen LogP contribution in [-0.4, -0.2) is 16.6 Å². The Kier molecular flexibility index (Phi) is 4.39. The van der Waals surface area contributed by atoms with Crippen LogP contribution in [0.1, 0.15) is 11.5 Å². The molecule has 2 rings (SSSR count). The Balaban J connectivity index is 1.90. The molecule has 94 valence electrons. The molecule has 0 amide bonds. The molecule has 18 heavy (non-hydrogen) atoms. The fourth-order valence-electron chi connectivity index (χ4n) is 1.49. The van der Waals surface area contributed by atoms with Gasteiger partial charge in [0.25, 0.3) is 0 Å². The van der Waals surface area contributed by atoms with Crippen LogP contribution in [0.4, 0.5) is 0 Å². The molecular weight excluding hydrogens is 271 g/mol. The third kappa shape index (κ3) is 3.86. The first-order valence-corrected chi connectivity index (χ1v) is 6.27. The Morgan fingerprint density at radius 1 is 1.11 bits per heavy atom. The quantitative estimate of drug-likeness (QED) is 0.802. The van der Waals surface area contributed by atoms with Crippen LogP contribution in [0, 0.1) is 6.92 Å². The van der Waals surface area contributed by atoms with Crippen LogP contribution in [0.3, 0.4) is 0 Å². The minimum Gasteiger partial charge on any atom is -0.493 e. The van der Waals surface area contributed by atoms with E-state index in [2.05, 4.69) is 9.97 Å². The van der Waals surface area contributed by atoms with E-state index in [0.717, 1.165) is 11.4 Å². The molecule has 0 saturated heterocycles. The highest BCUT2D eigenvalue weighted by atomic mass is 35.5. The maximum atomic E-state index is 5.86. The number of halogens is 2. The van der Waals surface area contributed by atoms with Gasteiger partial charge in [-0.05, 0) is 37.3 Å². The fourth-order valence-corrected chi connectivity index (χ4v) is 1.87. The summed E-state index contributed by atoms with van der Waals surface area (Å²) in [4.78, 5) is 8.42. The first kappa shape index (κ1) is 13.1. The maximum Gasteiger partial charge on any atom is 0.133 e. The van der Waals surface area contributed by atoms with E-state index in [4.69, 9.17) is 27.9 Å². The van der Waals surface area contributed by atoms with E-state index < -0.39 is 0 Å². The molecule has 0 aliphatic heterocycles. The van der Waals surface area contributed by atoms with Crippen molar-refractivity contribution in [2.45, 2.75) is 13.3 Å². The lowest BCUT2D eigenvalue weighted by atomic mass is 10.3. The van der Waals surface area contributed by atoms with E-state index in [-0.39, 0.29) is 0 Å². The zero-order valence-corrected chi connectivity index (χ0v) is 11.4. The van der Waals surface area contributed by atoms with Gasteiger partial charge in [0.05, 0.1) is 6.61 Å². The number of benzene rings is 1. The SMILES string of the molecule is Cc1cc(Cl)nc(CCOc2ccc(Cl)cc2)n1. The summed E-state index contributed by atoms with van der Waals surface area (Å²) in [5.74, 6) is 1.46. The molecule has 0 atom stereocenters. The van der Waals surface area contributed by atoms with Crippen molar-refractivity contribution in [2.24, 2.45) is 0 Å². The van der Waals surface area contributed by atoms with Crippen LogP contribution >= 0.6 is 23.2 Å². The molecule has 5 heteroatoms. The molecule has 0 fully saturated rings. The minimum absolute atomic E-state index is 0.462. The monoisotopic (exact) mass is 282 g/mol. The van der Waals surface area contributed by atoms with Crippen LogP contribution < -0.4 is 4.74 Å². The van der Waals surface area contributed by atoms with Gasteiger partial charge in [0.2, 0.25) is 0 Å². The predicted molar refractivity (Wildman–Crippen MR) is 72.4 cm³/mol. The Morgan fingerprint density at radius 3 is 2.50 bits per heavy atom. The number of ether oxygens (including phenoxy) is 1. The minimum atomic E-state index is 0.462. The van der Waals surface area contributed by atoms with Crippen molar-refractivity contribution in [1.29, 1.82) is 0 Å². The third-order valence-electron chi connectivity index (χ3n) is 2.28. The van der Waals surface area contributed by atoms with E-state index >= 15 is 0 Å². The van der Waals surface area contributed by atoms with Crippen molar-refractivity contribution in [3.8, 4) is 5.75 Å². The van der Waals surface area contributed by atoms with Crippen molar-refractivity contribution in [3.63, 3.8) is 0 Å². The molecule has 0 unspecified atom stereocenters. The summed E-state index contributed by atoms with van der Waals surface area (Å²) in [7, 11) is 0. The van der Waals surface area contributed by atoms with Gasteiger partial charge in [0, 0.05) is 17.1 Å².